The Balaban J connectivity index is 2.28. The van der Waals surface area contributed by atoms with Gasteiger partial charge in [-0.05, 0) is 23.8 Å². The summed E-state index contributed by atoms with van der Waals surface area (Å²) in [6.07, 6.45) is 3.44. The maximum Gasteiger partial charge on any atom is 0.125 e. The number of benzene rings is 1. The second-order valence-corrected chi connectivity index (χ2v) is 3.83. The maximum absolute atomic E-state index is 13.3. The Morgan fingerprint density at radius 2 is 2.22 bits per heavy atom. The standard InChI is InChI=1S/C13H12FN3O/c1-18-3-2-17-9-12(8-16-17)11-4-10(7-15)5-13(14)6-11/h4-6,8-9H,2-3H2,1H3. The van der Waals surface area contributed by atoms with Crippen molar-refractivity contribution in [3.8, 4) is 17.2 Å². The van der Waals surface area contributed by atoms with E-state index in [-0.39, 0.29) is 0 Å². The van der Waals surface area contributed by atoms with Crippen molar-refractivity contribution in [2.24, 2.45) is 0 Å². The summed E-state index contributed by atoms with van der Waals surface area (Å²) >= 11 is 0. The smallest absolute Gasteiger partial charge is 0.125 e. The molecule has 1 heterocycles. The molecule has 18 heavy (non-hydrogen) atoms. The van der Waals surface area contributed by atoms with Crippen LogP contribution in [0.5, 0.6) is 0 Å². The molecular formula is C13H12FN3O. The summed E-state index contributed by atoms with van der Waals surface area (Å²) in [5.41, 5.74) is 1.73. The molecule has 0 aliphatic heterocycles. The molecule has 2 aromatic rings. The zero-order chi connectivity index (χ0) is 13.0. The van der Waals surface area contributed by atoms with Crippen molar-refractivity contribution in [3.05, 3.63) is 42.0 Å². The number of nitrogens with zero attached hydrogens (tertiary/aromatic N) is 3. The molecule has 2 rings (SSSR count). The maximum atomic E-state index is 13.3. The summed E-state index contributed by atoms with van der Waals surface area (Å²) in [5.74, 6) is -0.423. The van der Waals surface area contributed by atoms with E-state index in [0.29, 0.717) is 24.3 Å². The van der Waals surface area contributed by atoms with Crippen LogP contribution in [0.15, 0.2) is 30.6 Å². The highest BCUT2D eigenvalue weighted by Crippen LogP contribution is 2.21. The lowest BCUT2D eigenvalue weighted by Gasteiger charge is -2.00. The molecule has 1 aromatic heterocycles. The third-order valence-electron chi connectivity index (χ3n) is 2.52. The van der Waals surface area contributed by atoms with Crippen LogP contribution in [-0.2, 0) is 11.3 Å². The van der Waals surface area contributed by atoms with Crippen LogP contribution in [0.3, 0.4) is 0 Å². The topological polar surface area (TPSA) is 50.8 Å². The van der Waals surface area contributed by atoms with E-state index in [4.69, 9.17) is 10.00 Å². The molecule has 1 aromatic carbocycles. The van der Waals surface area contributed by atoms with E-state index in [9.17, 15) is 4.39 Å². The van der Waals surface area contributed by atoms with E-state index in [1.165, 1.54) is 12.1 Å². The quantitative estimate of drug-likeness (QED) is 0.829. The number of nitriles is 1. The van der Waals surface area contributed by atoms with Gasteiger partial charge < -0.3 is 4.74 Å². The van der Waals surface area contributed by atoms with Gasteiger partial charge in [-0.25, -0.2) is 4.39 Å². The molecule has 0 N–H and O–H groups in total. The van der Waals surface area contributed by atoms with E-state index < -0.39 is 5.82 Å². The van der Waals surface area contributed by atoms with Crippen molar-refractivity contribution < 1.29 is 9.13 Å². The second-order valence-electron chi connectivity index (χ2n) is 3.83. The summed E-state index contributed by atoms with van der Waals surface area (Å²) in [6, 6.07) is 6.17. The summed E-state index contributed by atoms with van der Waals surface area (Å²) in [7, 11) is 1.62. The van der Waals surface area contributed by atoms with E-state index in [0.717, 1.165) is 5.56 Å². The summed E-state index contributed by atoms with van der Waals surface area (Å²) in [5, 5.41) is 12.9. The Kier molecular flexibility index (Phi) is 3.70. The summed E-state index contributed by atoms with van der Waals surface area (Å²) < 4.78 is 20.0. The Bertz CT molecular complexity index is 586. The van der Waals surface area contributed by atoms with Crippen LogP contribution in [0.25, 0.3) is 11.1 Å². The normalized spacial score (nSPS) is 10.3. The van der Waals surface area contributed by atoms with Gasteiger partial charge in [0.25, 0.3) is 0 Å². The fraction of sp³-hybridized carbons (Fsp3) is 0.231. The van der Waals surface area contributed by atoms with E-state index in [1.807, 2.05) is 6.07 Å². The summed E-state index contributed by atoms with van der Waals surface area (Å²) in [4.78, 5) is 0. The van der Waals surface area contributed by atoms with Gasteiger partial charge >= 0.3 is 0 Å². The second kappa shape index (κ2) is 5.43. The average molecular weight is 245 g/mol. The number of hydrogen-bond acceptors (Lipinski definition) is 3. The minimum atomic E-state index is -0.423. The molecule has 0 aliphatic carbocycles. The highest BCUT2D eigenvalue weighted by Gasteiger charge is 2.05. The number of ether oxygens (including phenoxy) is 1. The van der Waals surface area contributed by atoms with Crippen molar-refractivity contribution in [1.82, 2.24) is 9.78 Å². The molecule has 0 spiro atoms. The van der Waals surface area contributed by atoms with Gasteiger partial charge in [-0.3, -0.25) is 4.68 Å². The van der Waals surface area contributed by atoms with Gasteiger partial charge in [0.15, 0.2) is 0 Å². The molecular weight excluding hydrogens is 233 g/mol. The van der Waals surface area contributed by atoms with Crippen LogP contribution in [0.2, 0.25) is 0 Å². The Labute approximate surface area is 104 Å². The van der Waals surface area contributed by atoms with Crippen LogP contribution < -0.4 is 0 Å². The predicted molar refractivity (Wildman–Crippen MR) is 64.2 cm³/mol. The van der Waals surface area contributed by atoms with Crippen molar-refractivity contribution in [1.29, 1.82) is 5.26 Å². The van der Waals surface area contributed by atoms with Gasteiger partial charge in [-0.2, -0.15) is 10.4 Å². The van der Waals surface area contributed by atoms with Crippen molar-refractivity contribution in [2.75, 3.05) is 13.7 Å². The molecule has 0 saturated carbocycles. The third-order valence-corrected chi connectivity index (χ3v) is 2.52. The third kappa shape index (κ3) is 2.73. The van der Waals surface area contributed by atoms with Crippen molar-refractivity contribution in [3.63, 3.8) is 0 Å². The average Bonchev–Trinajstić information content (AvgIpc) is 2.84. The van der Waals surface area contributed by atoms with Gasteiger partial charge in [0, 0.05) is 18.9 Å². The molecule has 92 valence electrons. The largest absolute Gasteiger partial charge is 0.383 e. The first-order valence-corrected chi connectivity index (χ1v) is 5.45. The minimum absolute atomic E-state index is 0.301. The van der Waals surface area contributed by atoms with Crippen molar-refractivity contribution in [2.45, 2.75) is 6.54 Å². The van der Waals surface area contributed by atoms with Crippen LogP contribution in [0.4, 0.5) is 4.39 Å². The molecule has 0 amide bonds. The van der Waals surface area contributed by atoms with Crippen LogP contribution >= 0.6 is 0 Å². The first-order chi connectivity index (χ1) is 8.72. The summed E-state index contributed by atoms with van der Waals surface area (Å²) in [6.45, 7) is 1.20. The Morgan fingerprint density at radius 3 is 2.94 bits per heavy atom. The fourth-order valence-corrected chi connectivity index (χ4v) is 1.64. The van der Waals surface area contributed by atoms with Gasteiger partial charge in [-0.1, -0.05) is 0 Å². The molecule has 0 unspecified atom stereocenters. The molecule has 0 saturated heterocycles. The number of rotatable bonds is 4. The van der Waals surface area contributed by atoms with Gasteiger partial charge in [0.2, 0.25) is 0 Å². The predicted octanol–water partition coefficient (Wildman–Crippen LogP) is 2.21. The van der Waals surface area contributed by atoms with Crippen LogP contribution in [-0.4, -0.2) is 23.5 Å². The fourth-order valence-electron chi connectivity index (χ4n) is 1.64. The van der Waals surface area contributed by atoms with Gasteiger partial charge in [0.05, 0.1) is 31.0 Å². The molecule has 0 bridgehead atoms. The number of halogens is 1. The highest BCUT2D eigenvalue weighted by molar-refractivity contribution is 5.63. The van der Waals surface area contributed by atoms with E-state index >= 15 is 0 Å². The Hall–Kier alpha value is -2.19. The molecule has 0 atom stereocenters. The van der Waals surface area contributed by atoms with Gasteiger partial charge in [-0.15, -0.1) is 0 Å². The molecule has 5 heteroatoms. The van der Waals surface area contributed by atoms with Gasteiger partial charge in [0.1, 0.15) is 5.82 Å². The monoisotopic (exact) mass is 245 g/mol. The lowest BCUT2D eigenvalue weighted by atomic mass is 10.1. The zero-order valence-corrected chi connectivity index (χ0v) is 9.93. The highest BCUT2D eigenvalue weighted by atomic mass is 19.1. The zero-order valence-electron chi connectivity index (χ0n) is 9.93. The first kappa shape index (κ1) is 12.3. The van der Waals surface area contributed by atoms with Crippen LogP contribution in [0, 0.1) is 17.1 Å². The van der Waals surface area contributed by atoms with Crippen LogP contribution in [0.1, 0.15) is 5.56 Å². The number of hydrogen-bond donors (Lipinski definition) is 0. The van der Waals surface area contributed by atoms with E-state index in [2.05, 4.69) is 5.10 Å². The Morgan fingerprint density at radius 1 is 1.39 bits per heavy atom. The number of aromatic nitrogens is 2. The van der Waals surface area contributed by atoms with E-state index in [1.54, 1.807) is 30.3 Å². The molecule has 0 aliphatic rings. The first-order valence-electron chi connectivity index (χ1n) is 5.45. The van der Waals surface area contributed by atoms with Crippen molar-refractivity contribution >= 4 is 0 Å². The minimum Gasteiger partial charge on any atom is -0.383 e. The lowest BCUT2D eigenvalue weighted by molar-refractivity contribution is 0.183. The number of methoxy groups -OCH3 is 1. The molecule has 4 nitrogen and oxygen atoms in total. The molecule has 0 fully saturated rings. The lowest BCUT2D eigenvalue weighted by Crippen LogP contribution is -2.03. The SMILES string of the molecule is COCCn1cc(-c2cc(F)cc(C#N)c2)cn1. The molecule has 0 radical (unpaired) electrons.